The molecule has 2 aromatic carbocycles. The quantitative estimate of drug-likeness (QED) is 0.606. The van der Waals surface area contributed by atoms with Crippen molar-refractivity contribution in [1.29, 1.82) is 0 Å². The molecule has 4 rings (SSSR count). The highest BCUT2D eigenvalue weighted by atomic mass is 35.5. The molecule has 32 heavy (non-hydrogen) atoms. The fourth-order valence-electron chi connectivity index (χ4n) is 3.38. The van der Waals surface area contributed by atoms with Crippen LogP contribution in [0.1, 0.15) is 10.4 Å². The number of benzene rings is 2. The number of amides is 1. The van der Waals surface area contributed by atoms with Gasteiger partial charge in [0.2, 0.25) is 0 Å². The minimum atomic E-state index is -2.90. The molecule has 0 radical (unpaired) electrons. The number of likely N-dealkylation sites (N-methyl/N-ethyl adjacent to an activating group) is 1. The first-order valence-corrected chi connectivity index (χ1v) is 9.94. The molecule has 0 atom stereocenters. The Labute approximate surface area is 191 Å². The van der Waals surface area contributed by atoms with E-state index in [1.807, 2.05) is 42.4 Å². The number of carbonyl (C=O) groups excluding carboxylic acids is 1. The Bertz CT molecular complexity index is 1020. The third kappa shape index (κ3) is 5.61. The summed E-state index contributed by atoms with van der Waals surface area (Å²) in [6, 6.07) is 15.5. The number of nitrogens with zero attached hydrogens (tertiary/aromatic N) is 4. The van der Waals surface area contributed by atoms with Gasteiger partial charge in [-0.3, -0.25) is 10.2 Å². The van der Waals surface area contributed by atoms with Gasteiger partial charge in [-0.25, -0.2) is 9.69 Å². The maximum Gasteiger partial charge on any atom is 0.387 e. The van der Waals surface area contributed by atoms with Crippen molar-refractivity contribution in [2.75, 3.05) is 33.2 Å². The number of ether oxygens (including phenoxy) is 1. The molecule has 1 aliphatic heterocycles. The molecule has 0 aliphatic carbocycles. The van der Waals surface area contributed by atoms with Gasteiger partial charge >= 0.3 is 6.61 Å². The lowest BCUT2D eigenvalue weighted by molar-refractivity contribution is -0.0498. The molecule has 2 heterocycles. The summed E-state index contributed by atoms with van der Waals surface area (Å²) in [6.45, 7) is 0.283. The van der Waals surface area contributed by atoms with Gasteiger partial charge in [-0.15, -0.1) is 12.4 Å². The fourth-order valence-corrected chi connectivity index (χ4v) is 3.38. The monoisotopic (exact) mass is 463 g/mol. The number of carbonyl (C=O) groups is 1. The van der Waals surface area contributed by atoms with Crippen LogP contribution in [-0.4, -0.2) is 65.4 Å². The van der Waals surface area contributed by atoms with Crippen LogP contribution in [0.5, 0.6) is 5.75 Å². The Kier molecular flexibility index (Phi) is 7.79. The molecule has 1 aromatic heterocycles. The molecule has 1 saturated heterocycles. The van der Waals surface area contributed by atoms with Gasteiger partial charge in [0.05, 0.1) is 11.3 Å². The Hall–Kier alpha value is -3.01. The Morgan fingerprint density at radius 3 is 2.31 bits per heavy atom. The van der Waals surface area contributed by atoms with Gasteiger partial charge in [0.25, 0.3) is 5.91 Å². The summed E-state index contributed by atoms with van der Waals surface area (Å²) >= 11 is 0. The van der Waals surface area contributed by atoms with Gasteiger partial charge in [0.1, 0.15) is 11.4 Å². The zero-order valence-electron chi connectivity index (χ0n) is 17.4. The van der Waals surface area contributed by atoms with Crippen molar-refractivity contribution < 1.29 is 18.3 Å². The van der Waals surface area contributed by atoms with E-state index in [-0.39, 0.29) is 24.1 Å². The second-order valence-electron chi connectivity index (χ2n) is 7.31. The van der Waals surface area contributed by atoms with Crippen molar-refractivity contribution in [2.45, 2.75) is 6.61 Å². The van der Waals surface area contributed by atoms with E-state index in [1.165, 1.54) is 12.1 Å². The summed E-state index contributed by atoms with van der Waals surface area (Å²) in [6.07, 6.45) is 1.68. The Morgan fingerprint density at radius 1 is 1.03 bits per heavy atom. The molecule has 1 N–H and O–H groups in total. The lowest BCUT2D eigenvalue weighted by atomic mass is 10.1. The highest BCUT2D eigenvalue weighted by Gasteiger charge is 2.22. The summed E-state index contributed by atoms with van der Waals surface area (Å²) < 4.78 is 31.0. The van der Waals surface area contributed by atoms with Gasteiger partial charge in [-0.05, 0) is 43.4 Å². The maximum atomic E-state index is 13.1. The molecular weight excluding hydrogens is 440 g/mol. The first-order chi connectivity index (χ1) is 15.0. The number of hydrogen-bond acceptors (Lipinski definition) is 5. The maximum absolute atomic E-state index is 13.1. The molecule has 0 bridgehead atoms. The van der Waals surface area contributed by atoms with E-state index in [0.29, 0.717) is 16.8 Å². The molecule has 0 saturated carbocycles. The van der Waals surface area contributed by atoms with Crippen LogP contribution < -0.4 is 10.2 Å². The van der Waals surface area contributed by atoms with Crippen LogP contribution in [0.3, 0.4) is 0 Å². The molecule has 0 spiro atoms. The number of halogens is 3. The summed E-state index contributed by atoms with van der Waals surface area (Å²) in [7, 11) is 2.04. The van der Waals surface area contributed by atoms with E-state index in [0.717, 1.165) is 31.9 Å². The number of piperazine rings is 1. The van der Waals surface area contributed by atoms with Crippen molar-refractivity contribution in [1.82, 2.24) is 25.1 Å². The van der Waals surface area contributed by atoms with Crippen LogP contribution in [0.2, 0.25) is 0 Å². The predicted octanol–water partition coefficient (Wildman–Crippen LogP) is 3.45. The van der Waals surface area contributed by atoms with Crippen LogP contribution in [0, 0.1) is 0 Å². The van der Waals surface area contributed by atoms with Crippen LogP contribution in [-0.2, 0) is 0 Å². The van der Waals surface area contributed by atoms with E-state index in [4.69, 9.17) is 0 Å². The average molecular weight is 464 g/mol. The Balaban J connectivity index is 0.00000289. The van der Waals surface area contributed by atoms with Gasteiger partial charge in [-0.1, -0.05) is 18.2 Å². The summed E-state index contributed by atoms with van der Waals surface area (Å²) in [5.41, 5.74) is 5.24. The minimum Gasteiger partial charge on any atom is -0.435 e. The van der Waals surface area contributed by atoms with E-state index < -0.39 is 6.61 Å². The minimum absolute atomic E-state index is 0. The molecule has 1 aliphatic rings. The van der Waals surface area contributed by atoms with Crippen LogP contribution in [0.15, 0.2) is 60.8 Å². The number of para-hydroxylation sites is 1. The topological polar surface area (TPSA) is 62.6 Å². The van der Waals surface area contributed by atoms with Crippen LogP contribution in [0.4, 0.5) is 8.78 Å². The molecule has 1 amide bonds. The lowest BCUT2D eigenvalue weighted by Gasteiger charge is -2.32. The van der Waals surface area contributed by atoms with E-state index in [2.05, 4.69) is 20.2 Å². The molecular formula is C22H24ClF2N5O2. The summed E-state index contributed by atoms with van der Waals surface area (Å²) in [4.78, 5) is 15.3. The van der Waals surface area contributed by atoms with Crippen molar-refractivity contribution in [3.8, 4) is 22.7 Å². The summed E-state index contributed by atoms with van der Waals surface area (Å²) in [5, 5.41) is 6.50. The van der Waals surface area contributed by atoms with E-state index in [1.54, 1.807) is 23.0 Å². The fraction of sp³-hybridized carbons (Fsp3) is 0.273. The number of rotatable bonds is 6. The normalized spacial score (nSPS) is 14.8. The highest BCUT2D eigenvalue weighted by Crippen LogP contribution is 2.26. The van der Waals surface area contributed by atoms with E-state index in [9.17, 15) is 13.6 Å². The van der Waals surface area contributed by atoms with Crippen molar-refractivity contribution in [3.05, 3.63) is 66.4 Å². The van der Waals surface area contributed by atoms with Crippen LogP contribution >= 0.6 is 12.4 Å². The standard InChI is InChI=1S/C22H23F2N5O2.ClH/c1-27-11-13-28(14-12-27)26-21(30)19-15-29(17-5-3-2-4-6-17)25-20(19)16-7-9-18(10-8-16)31-22(23)24;/h2-10,15,22H,11-14H2,1H3,(H,26,30);1H. The molecule has 170 valence electrons. The van der Waals surface area contributed by atoms with Gasteiger partial charge in [-0.2, -0.15) is 13.9 Å². The zero-order valence-corrected chi connectivity index (χ0v) is 18.3. The smallest absolute Gasteiger partial charge is 0.387 e. The van der Waals surface area contributed by atoms with Gasteiger partial charge in [0, 0.05) is 37.9 Å². The SMILES string of the molecule is CN1CCN(NC(=O)c2cn(-c3ccccc3)nc2-c2ccc(OC(F)F)cc2)CC1.Cl. The van der Waals surface area contributed by atoms with Crippen molar-refractivity contribution >= 4 is 18.3 Å². The molecule has 3 aromatic rings. The zero-order chi connectivity index (χ0) is 21.8. The largest absolute Gasteiger partial charge is 0.435 e. The number of nitrogens with one attached hydrogen (secondary N) is 1. The Morgan fingerprint density at radius 2 is 1.69 bits per heavy atom. The van der Waals surface area contributed by atoms with Gasteiger partial charge < -0.3 is 9.64 Å². The highest BCUT2D eigenvalue weighted by molar-refractivity contribution is 5.99. The number of hydrazine groups is 1. The molecule has 10 heteroatoms. The summed E-state index contributed by atoms with van der Waals surface area (Å²) in [5.74, 6) is -0.223. The molecule has 0 unspecified atom stereocenters. The molecule has 7 nitrogen and oxygen atoms in total. The first kappa shape index (κ1) is 23.6. The van der Waals surface area contributed by atoms with Crippen LogP contribution in [0.25, 0.3) is 16.9 Å². The number of alkyl halides is 2. The predicted molar refractivity (Wildman–Crippen MR) is 119 cm³/mol. The third-order valence-electron chi connectivity index (χ3n) is 5.10. The van der Waals surface area contributed by atoms with E-state index >= 15 is 0 Å². The molecule has 1 fully saturated rings. The van der Waals surface area contributed by atoms with Crippen molar-refractivity contribution in [3.63, 3.8) is 0 Å². The average Bonchev–Trinajstić information content (AvgIpc) is 3.22. The number of hydrogen-bond donors (Lipinski definition) is 1. The second-order valence-corrected chi connectivity index (χ2v) is 7.31. The first-order valence-electron chi connectivity index (χ1n) is 9.94. The van der Waals surface area contributed by atoms with Crippen molar-refractivity contribution in [2.24, 2.45) is 0 Å². The van der Waals surface area contributed by atoms with Gasteiger partial charge in [0.15, 0.2) is 0 Å². The second kappa shape index (κ2) is 10.5. The number of aromatic nitrogens is 2. The third-order valence-corrected chi connectivity index (χ3v) is 5.10. The lowest BCUT2D eigenvalue weighted by Crippen LogP contribution is -2.52.